The van der Waals surface area contributed by atoms with E-state index in [0.717, 1.165) is 0 Å². The fourth-order valence-corrected chi connectivity index (χ4v) is 16.5. The molecular weight excluding hydrogens is 620 g/mol. The van der Waals surface area contributed by atoms with Crippen molar-refractivity contribution < 1.29 is 32.3 Å². The molecule has 1 unspecified atom stereocenters. The largest absolute Gasteiger partial charge is 1.00 e. The number of rotatable bonds is 5. The van der Waals surface area contributed by atoms with Crippen LogP contribution in [0.2, 0.25) is 0 Å². The van der Waals surface area contributed by atoms with Crippen molar-refractivity contribution in [1.29, 1.82) is 0 Å². The number of halogens is 2. The Hall–Kier alpha value is -1.96. The molecule has 1 atom stereocenters. The van der Waals surface area contributed by atoms with E-state index in [9.17, 15) is 0 Å². The fraction of sp³-hybridized carbons (Fsp3) is 0.226. The Balaban J connectivity index is 0.00000171. The van der Waals surface area contributed by atoms with Gasteiger partial charge in [0.1, 0.15) is 0 Å². The van der Waals surface area contributed by atoms with Crippen molar-refractivity contribution in [2.75, 3.05) is 0 Å². The Morgan fingerprint density at radius 3 is 1.71 bits per heavy atom. The summed E-state index contributed by atoms with van der Waals surface area (Å²) in [5, 5.41) is 4.60. The first-order valence-electron chi connectivity index (χ1n) is 11.8. The molecule has 0 aromatic heterocycles. The first kappa shape index (κ1) is 27.6. The molecule has 35 heavy (non-hydrogen) atoms. The summed E-state index contributed by atoms with van der Waals surface area (Å²) in [6.45, 7) is 12.0. The molecule has 0 heterocycles. The number of benzene rings is 3. The molecule has 0 radical (unpaired) electrons. The summed E-state index contributed by atoms with van der Waals surface area (Å²) < 4.78 is 2.41. The molecule has 0 N–H and O–H groups in total. The third-order valence-electron chi connectivity index (χ3n) is 7.54. The number of hydrogen-bond acceptors (Lipinski definition) is 0. The molecule has 0 amide bonds. The summed E-state index contributed by atoms with van der Waals surface area (Å²) in [6.07, 6.45) is 2.56. The predicted octanol–water partition coefficient (Wildman–Crippen LogP) is 1.96. The zero-order chi connectivity index (χ0) is 23.2. The maximum Gasteiger partial charge on any atom is -1.00 e. The maximum absolute atomic E-state index is 2.56. The van der Waals surface area contributed by atoms with Crippen LogP contribution in [-0.4, -0.2) is 0 Å². The molecule has 0 fully saturated rings. The molecule has 3 aromatic carbocycles. The Labute approximate surface area is 221 Å². The van der Waals surface area contributed by atoms with Crippen LogP contribution in [0.1, 0.15) is 49.4 Å². The fourth-order valence-electron chi connectivity index (χ4n) is 5.28. The standard InChI is InChI=1S/C21H16P.C10H15.2FH.Hf/c1-3-11-19(12-4-1)22(20-13-5-2-6-14-20)21-15-17-9-7-8-10-18(17)16-21;1-7-6-10(4,5)9(3)8(7)2;;;/h1-16H;1-5H3;2*1H;/q;;;;+2/p-2. The predicted molar refractivity (Wildman–Crippen MR) is 141 cm³/mol. The first-order valence-corrected chi connectivity index (χ1v) is 17.0. The second-order valence-electron chi connectivity index (χ2n) is 9.66. The number of hydrogen-bond donors (Lipinski definition) is 0. The van der Waals surface area contributed by atoms with Crippen molar-refractivity contribution in [3.05, 3.63) is 121 Å². The van der Waals surface area contributed by atoms with Crippen molar-refractivity contribution in [2.45, 2.75) is 38.3 Å². The Morgan fingerprint density at radius 2 is 1.20 bits per heavy atom. The van der Waals surface area contributed by atoms with Gasteiger partial charge in [-0.05, 0) is 0 Å². The molecule has 2 aliphatic carbocycles. The normalized spacial score (nSPS) is 18.0. The van der Waals surface area contributed by atoms with Crippen LogP contribution < -0.4 is 20.0 Å². The number of fused-ring (bicyclic) bond motifs is 1. The first-order chi connectivity index (χ1) is 15.9. The van der Waals surface area contributed by atoms with Gasteiger partial charge in [0.2, 0.25) is 0 Å². The van der Waals surface area contributed by atoms with Crippen LogP contribution in [0.4, 0.5) is 0 Å². The van der Waals surface area contributed by atoms with Crippen molar-refractivity contribution in [2.24, 2.45) is 5.41 Å². The molecular formula is C31H31F2HfP. The molecule has 3 aromatic rings. The van der Waals surface area contributed by atoms with Crippen LogP contribution in [0.5, 0.6) is 0 Å². The zero-order valence-electron chi connectivity index (χ0n) is 20.9. The molecule has 2 aliphatic rings. The minimum Gasteiger partial charge on any atom is -1.00 e. The van der Waals surface area contributed by atoms with Gasteiger partial charge in [0.05, 0.1) is 0 Å². The molecule has 4 heteroatoms. The van der Waals surface area contributed by atoms with E-state index in [1.54, 1.807) is 25.4 Å². The van der Waals surface area contributed by atoms with Gasteiger partial charge in [0.15, 0.2) is 0 Å². The zero-order valence-corrected chi connectivity index (χ0v) is 25.4. The average Bonchev–Trinajstić information content (AvgIpc) is 3.26. The molecule has 0 saturated heterocycles. The van der Waals surface area contributed by atoms with Gasteiger partial charge >= 0.3 is 213 Å². The van der Waals surface area contributed by atoms with Crippen LogP contribution in [0.25, 0.3) is 6.08 Å². The summed E-state index contributed by atoms with van der Waals surface area (Å²) in [5.74, 6) is 0. The van der Waals surface area contributed by atoms with Gasteiger partial charge in [0, 0.05) is 0 Å². The Morgan fingerprint density at radius 1 is 0.686 bits per heavy atom. The van der Waals surface area contributed by atoms with Crippen LogP contribution in [0, 0.1) is 5.41 Å². The Kier molecular flexibility index (Phi) is 8.66. The molecule has 0 spiro atoms. The van der Waals surface area contributed by atoms with Crippen molar-refractivity contribution in [1.82, 2.24) is 0 Å². The van der Waals surface area contributed by atoms with Gasteiger partial charge in [0.25, 0.3) is 0 Å². The van der Waals surface area contributed by atoms with Gasteiger partial charge in [-0.3, -0.25) is 0 Å². The number of allylic oxidation sites excluding steroid dienone is 5. The summed E-state index contributed by atoms with van der Waals surface area (Å²) in [6, 6.07) is 31.7. The van der Waals surface area contributed by atoms with Crippen molar-refractivity contribution in [3.63, 3.8) is 0 Å². The van der Waals surface area contributed by atoms with Crippen molar-refractivity contribution in [3.8, 4) is 0 Å². The third-order valence-corrected chi connectivity index (χ3v) is 18.9. The smallest absolute Gasteiger partial charge is 1.00 e. The molecule has 0 aliphatic heterocycles. The monoisotopic (exact) mass is 652 g/mol. The van der Waals surface area contributed by atoms with Gasteiger partial charge in [-0.15, -0.1) is 0 Å². The van der Waals surface area contributed by atoms with E-state index in [2.05, 4.69) is 126 Å². The summed E-state index contributed by atoms with van der Waals surface area (Å²) >= 11 is -1.24. The summed E-state index contributed by atoms with van der Waals surface area (Å²) in [4.78, 5) is 0. The second-order valence-corrected chi connectivity index (χ2v) is 16.8. The summed E-state index contributed by atoms with van der Waals surface area (Å²) in [7, 11) is -0.552. The molecule has 0 nitrogen and oxygen atoms in total. The van der Waals surface area contributed by atoms with Crippen LogP contribution >= 0.6 is 7.92 Å². The van der Waals surface area contributed by atoms with Crippen molar-refractivity contribution >= 4 is 24.6 Å². The van der Waals surface area contributed by atoms with Gasteiger partial charge in [-0.1, -0.05) is 0 Å². The van der Waals surface area contributed by atoms with E-state index in [1.165, 1.54) is 21.7 Å². The van der Waals surface area contributed by atoms with Crippen LogP contribution in [0.15, 0.2) is 110 Å². The van der Waals surface area contributed by atoms with E-state index in [0.29, 0.717) is 3.67 Å². The topological polar surface area (TPSA) is 0 Å². The van der Waals surface area contributed by atoms with E-state index in [1.807, 2.05) is 0 Å². The summed E-state index contributed by atoms with van der Waals surface area (Å²) in [5.41, 5.74) is 7.93. The molecule has 5 rings (SSSR count). The van der Waals surface area contributed by atoms with E-state index in [4.69, 9.17) is 0 Å². The van der Waals surface area contributed by atoms with E-state index < -0.39 is 30.8 Å². The minimum atomic E-state index is -1.24. The average molecular weight is 651 g/mol. The Bertz CT molecular complexity index is 1250. The van der Waals surface area contributed by atoms with Crippen LogP contribution in [-0.2, 0) is 22.9 Å². The molecule has 0 bridgehead atoms. The molecule has 0 saturated carbocycles. The van der Waals surface area contributed by atoms with Gasteiger partial charge in [-0.25, -0.2) is 0 Å². The van der Waals surface area contributed by atoms with E-state index >= 15 is 0 Å². The van der Waals surface area contributed by atoms with Gasteiger partial charge in [-0.2, -0.15) is 0 Å². The van der Waals surface area contributed by atoms with E-state index in [-0.39, 0.29) is 14.8 Å². The van der Waals surface area contributed by atoms with Crippen LogP contribution in [0.3, 0.4) is 0 Å². The third kappa shape index (κ3) is 4.87. The quantitative estimate of drug-likeness (QED) is 0.293. The van der Waals surface area contributed by atoms with Gasteiger partial charge < -0.3 is 9.41 Å². The minimum absolute atomic E-state index is 0. The SMILES string of the molecule is CC1=C(C)C(C)(C)[C]([Hf+2][CH]2C(P(c3ccccc3)c3ccccc3)=Cc3ccccc32)=C1C.[F-].[F-]. The second kappa shape index (κ2) is 11.0. The maximum atomic E-state index is 2.56. The molecule has 178 valence electrons.